The number of azo groups is 1. The highest BCUT2D eigenvalue weighted by Gasteiger charge is 2.21. The first-order chi connectivity index (χ1) is 13.5. The average Bonchev–Trinajstić information content (AvgIpc) is 2.73. The Bertz CT molecular complexity index is 791. The van der Waals surface area contributed by atoms with E-state index in [9.17, 15) is 4.79 Å². The van der Waals surface area contributed by atoms with Crippen LogP contribution in [0, 0.1) is 0 Å². The molecule has 1 amide bonds. The largest absolute Gasteiger partial charge is 0.378 e. The molecule has 2 aromatic rings. The van der Waals surface area contributed by atoms with E-state index in [2.05, 4.69) is 20.9 Å². The Hall–Kier alpha value is -2.73. The Labute approximate surface area is 167 Å². The summed E-state index contributed by atoms with van der Waals surface area (Å²) in [5.74, 6) is -0.0179. The molecule has 6 heteroatoms. The molecule has 0 unspecified atom stereocenters. The fourth-order valence-corrected chi connectivity index (χ4v) is 3.41. The summed E-state index contributed by atoms with van der Waals surface area (Å²) in [5, 5.41) is 15.0. The third-order valence-electron chi connectivity index (χ3n) is 5.25. The molecule has 0 radical (unpaired) electrons. The molecule has 0 saturated heterocycles. The quantitative estimate of drug-likeness (QED) is 0.730. The van der Waals surface area contributed by atoms with Crippen molar-refractivity contribution in [2.24, 2.45) is 10.2 Å². The molecular weight excluding hydrogens is 350 g/mol. The van der Waals surface area contributed by atoms with Crippen molar-refractivity contribution in [1.29, 1.82) is 0 Å². The number of rotatable bonds is 6. The SMILES string of the molecule is CNC1CCC(NC(=O)c2ccc(N=Nc3ccc(N(C)C)cc3)cc2)CC1. The topological polar surface area (TPSA) is 69.1 Å². The zero-order valence-corrected chi connectivity index (χ0v) is 16.9. The predicted molar refractivity (Wildman–Crippen MR) is 114 cm³/mol. The van der Waals surface area contributed by atoms with Crippen LogP contribution in [0.5, 0.6) is 0 Å². The summed E-state index contributed by atoms with van der Waals surface area (Å²) in [5.41, 5.74) is 3.30. The van der Waals surface area contributed by atoms with E-state index >= 15 is 0 Å². The van der Waals surface area contributed by atoms with E-state index in [4.69, 9.17) is 0 Å². The number of nitrogens with zero attached hydrogens (tertiary/aromatic N) is 3. The van der Waals surface area contributed by atoms with E-state index in [0.717, 1.165) is 42.7 Å². The summed E-state index contributed by atoms with van der Waals surface area (Å²) < 4.78 is 0. The van der Waals surface area contributed by atoms with E-state index in [1.165, 1.54) is 0 Å². The third-order valence-corrected chi connectivity index (χ3v) is 5.25. The van der Waals surface area contributed by atoms with Crippen molar-refractivity contribution in [1.82, 2.24) is 10.6 Å². The Morgan fingerprint density at radius 1 is 0.857 bits per heavy atom. The van der Waals surface area contributed by atoms with E-state index in [-0.39, 0.29) is 11.9 Å². The van der Waals surface area contributed by atoms with Crippen molar-refractivity contribution in [3.05, 3.63) is 54.1 Å². The van der Waals surface area contributed by atoms with Gasteiger partial charge in [-0.2, -0.15) is 10.2 Å². The van der Waals surface area contributed by atoms with Crippen LogP contribution in [0.4, 0.5) is 17.1 Å². The Balaban J connectivity index is 1.54. The molecule has 1 aliphatic carbocycles. The fourth-order valence-electron chi connectivity index (χ4n) is 3.41. The lowest BCUT2D eigenvalue weighted by atomic mass is 9.91. The second-order valence-electron chi connectivity index (χ2n) is 7.47. The first-order valence-electron chi connectivity index (χ1n) is 9.82. The Morgan fingerprint density at radius 3 is 1.86 bits per heavy atom. The highest BCUT2D eigenvalue weighted by Crippen LogP contribution is 2.22. The van der Waals surface area contributed by atoms with Crippen molar-refractivity contribution < 1.29 is 4.79 Å². The summed E-state index contributed by atoms with van der Waals surface area (Å²) >= 11 is 0. The summed E-state index contributed by atoms with van der Waals surface area (Å²) in [6.07, 6.45) is 4.26. The summed E-state index contributed by atoms with van der Waals surface area (Å²) in [6, 6.07) is 16.0. The van der Waals surface area contributed by atoms with Crippen molar-refractivity contribution in [2.75, 3.05) is 26.0 Å². The smallest absolute Gasteiger partial charge is 0.251 e. The lowest BCUT2D eigenvalue weighted by molar-refractivity contribution is 0.0924. The maximum absolute atomic E-state index is 12.5. The highest BCUT2D eigenvalue weighted by atomic mass is 16.1. The Kier molecular flexibility index (Phi) is 6.76. The minimum Gasteiger partial charge on any atom is -0.378 e. The van der Waals surface area contributed by atoms with Crippen LogP contribution in [0.2, 0.25) is 0 Å². The van der Waals surface area contributed by atoms with Crippen LogP contribution < -0.4 is 15.5 Å². The molecule has 2 aromatic carbocycles. The van der Waals surface area contributed by atoms with Gasteiger partial charge >= 0.3 is 0 Å². The minimum atomic E-state index is -0.0179. The third kappa shape index (κ3) is 5.39. The molecule has 148 valence electrons. The van der Waals surface area contributed by atoms with Gasteiger partial charge < -0.3 is 15.5 Å². The molecule has 0 atom stereocenters. The minimum absolute atomic E-state index is 0.0179. The number of anilines is 1. The van der Waals surface area contributed by atoms with Crippen LogP contribution >= 0.6 is 0 Å². The van der Waals surface area contributed by atoms with E-state index < -0.39 is 0 Å². The second-order valence-corrected chi connectivity index (χ2v) is 7.47. The molecule has 1 saturated carbocycles. The first kappa shape index (κ1) is 20.0. The number of hydrogen-bond donors (Lipinski definition) is 2. The van der Waals surface area contributed by atoms with Gasteiger partial charge in [-0.1, -0.05) is 0 Å². The van der Waals surface area contributed by atoms with Crippen molar-refractivity contribution in [2.45, 2.75) is 37.8 Å². The molecule has 2 N–H and O–H groups in total. The standard InChI is InChI=1S/C22H29N5O/c1-23-17-8-10-18(11-9-17)24-22(28)16-4-6-19(7-5-16)25-26-20-12-14-21(15-13-20)27(2)3/h4-7,12-15,17-18,23H,8-11H2,1-3H3,(H,24,28). The number of nitrogens with one attached hydrogen (secondary N) is 2. The lowest BCUT2D eigenvalue weighted by Crippen LogP contribution is -2.41. The van der Waals surface area contributed by atoms with Crippen LogP contribution in [0.15, 0.2) is 58.8 Å². The van der Waals surface area contributed by atoms with Gasteiger partial charge in [0.1, 0.15) is 0 Å². The van der Waals surface area contributed by atoms with Crippen molar-refractivity contribution >= 4 is 23.0 Å². The number of amides is 1. The second kappa shape index (κ2) is 9.46. The van der Waals surface area contributed by atoms with Gasteiger partial charge in [0.2, 0.25) is 0 Å². The molecule has 0 aromatic heterocycles. The van der Waals surface area contributed by atoms with Crippen LogP contribution in [0.1, 0.15) is 36.0 Å². The van der Waals surface area contributed by atoms with Gasteiger partial charge in [-0.15, -0.1) is 0 Å². The van der Waals surface area contributed by atoms with Gasteiger partial charge in [-0.05, 0) is 81.3 Å². The molecule has 0 bridgehead atoms. The van der Waals surface area contributed by atoms with Gasteiger partial charge in [-0.25, -0.2) is 0 Å². The molecule has 3 rings (SSSR count). The summed E-state index contributed by atoms with van der Waals surface area (Å²) in [6.45, 7) is 0. The number of carbonyl (C=O) groups excluding carboxylic acids is 1. The molecule has 1 fully saturated rings. The lowest BCUT2D eigenvalue weighted by Gasteiger charge is -2.28. The average molecular weight is 380 g/mol. The molecule has 0 aliphatic heterocycles. The zero-order chi connectivity index (χ0) is 19.9. The molecular formula is C22H29N5O. The van der Waals surface area contributed by atoms with E-state index in [1.807, 2.05) is 62.4 Å². The maximum atomic E-state index is 12.5. The van der Waals surface area contributed by atoms with Crippen molar-refractivity contribution in [3.8, 4) is 0 Å². The van der Waals surface area contributed by atoms with Crippen LogP contribution in [-0.4, -0.2) is 39.1 Å². The monoisotopic (exact) mass is 379 g/mol. The predicted octanol–water partition coefficient (Wildman–Crippen LogP) is 4.43. The summed E-state index contributed by atoms with van der Waals surface area (Å²) in [4.78, 5) is 14.5. The van der Waals surface area contributed by atoms with Gasteiger partial charge in [0.05, 0.1) is 11.4 Å². The molecule has 0 spiro atoms. The number of carbonyl (C=O) groups is 1. The van der Waals surface area contributed by atoms with Gasteiger partial charge in [0, 0.05) is 37.4 Å². The molecule has 28 heavy (non-hydrogen) atoms. The highest BCUT2D eigenvalue weighted by molar-refractivity contribution is 5.94. The van der Waals surface area contributed by atoms with E-state index in [0.29, 0.717) is 11.6 Å². The summed E-state index contributed by atoms with van der Waals surface area (Å²) in [7, 11) is 6.00. The zero-order valence-electron chi connectivity index (χ0n) is 16.9. The number of hydrogen-bond acceptors (Lipinski definition) is 5. The first-order valence-corrected chi connectivity index (χ1v) is 9.82. The van der Waals surface area contributed by atoms with Crippen LogP contribution in [0.25, 0.3) is 0 Å². The fraction of sp³-hybridized carbons (Fsp3) is 0.409. The molecule has 6 nitrogen and oxygen atoms in total. The van der Waals surface area contributed by atoms with E-state index in [1.54, 1.807) is 12.1 Å². The maximum Gasteiger partial charge on any atom is 0.251 e. The molecule has 0 heterocycles. The van der Waals surface area contributed by atoms with Crippen LogP contribution in [0.3, 0.4) is 0 Å². The molecule has 1 aliphatic rings. The van der Waals surface area contributed by atoms with Gasteiger partial charge in [0.15, 0.2) is 0 Å². The van der Waals surface area contributed by atoms with Crippen molar-refractivity contribution in [3.63, 3.8) is 0 Å². The van der Waals surface area contributed by atoms with Gasteiger partial charge in [0.25, 0.3) is 5.91 Å². The Morgan fingerprint density at radius 2 is 1.36 bits per heavy atom. The number of benzene rings is 2. The normalized spacial score (nSPS) is 19.5. The van der Waals surface area contributed by atoms with Gasteiger partial charge in [-0.3, -0.25) is 4.79 Å². The van der Waals surface area contributed by atoms with Crippen LogP contribution in [-0.2, 0) is 0 Å².